The van der Waals surface area contributed by atoms with Crippen LogP contribution in [-0.4, -0.2) is 15.9 Å². The first kappa shape index (κ1) is 12.5. The van der Waals surface area contributed by atoms with Gasteiger partial charge in [-0.05, 0) is 11.6 Å². The molecule has 1 heterocycles. The van der Waals surface area contributed by atoms with Gasteiger partial charge in [0.05, 0.1) is 0 Å². The van der Waals surface area contributed by atoms with E-state index in [1.54, 1.807) is 12.3 Å². The molecule has 92 valence electrons. The molecule has 0 saturated carbocycles. The predicted molar refractivity (Wildman–Crippen MR) is 69.4 cm³/mol. The largest absolute Gasteiger partial charge is 0.293 e. The Bertz CT molecular complexity index is 506. The molecule has 5 nitrogen and oxygen atoms in total. The zero-order valence-corrected chi connectivity index (χ0v) is 10.3. The third-order valence-electron chi connectivity index (χ3n) is 2.28. The molecule has 0 aliphatic carbocycles. The van der Waals surface area contributed by atoms with Gasteiger partial charge in [-0.1, -0.05) is 42.1 Å². The number of hydrogen-bond donors (Lipinski definition) is 2. The SMILES string of the molecule is NNC(=O)C(Sc1ccncn1)c1ccccc1. The lowest BCUT2D eigenvalue weighted by Crippen LogP contribution is -2.33. The number of nitrogens with zero attached hydrogens (tertiary/aromatic N) is 2. The van der Waals surface area contributed by atoms with Crippen LogP contribution in [0.3, 0.4) is 0 Å². The van der Waals surface area contributed by atoms with E-state index in [9.17, 15) is 4.79 Å². The molecule has 0 bridgehead atoms. The second kappa shape index (κ2) is 6.13. The van der Waals surface area contributed by atoms with E-state index in [1.807, 2.05) is 30.3 Å². The average Bonchev–Trinajstić information content (AvgIpc) is 2.46. The van der Waals surface area contributed by atoms with Crippen molar-refractivity contribution in [1.82, 2.24) is 15.4 Å². The zero-order valence-electron chi connectivity index (χ0n) is 9.48. The van der Waals surface area contributed by atoms with E-state index < -0.39 is 5.25 Å². The molecule has 1 atom stereocenters. The fraction of sp³-hybridized carbons (Fsp3) is 0.0833. The van der Waals surface area contributed by atoms with Gasteiger partial charge in [0.15, 0.2) is 0 Å². The maximum absolute atomic E-state index is 11.8. The highest BCUT2D eigenvalue weighted by atomic mass is 32.2. The molecule has 0 aliphatic heterocycles. The Hall–Kier alpha value is -1.92. The second-order valence-corrected chi connectivity index (χ2v) is 4.59. The van der Waals surface area contributed by atoms with Crippen molar-refractivity contribution in [2.45, 2.75) is 10.3 Å². The third kappa shape index (κ3) is 3.06. The number of thioether (sulfide) groups is 1. The van der Waals surface area contributed by atoms with Crippen LogP contribution in [0.4, 0.5) is 0 Å². The summed E-state index contributed by atoms with van der Waals surface area (Å²) in [6, 6.07) is 11.2. The number of amides is 1. The molecule has 2 rings (SSSR count). The number of carbonyl (C=O) groups is 1. The molecule has 1 amide bonds. The molecule has 6 heteroatoms. The van der Waals surface area contributed by atoms with Crippen molar-refractivity contribution in [3.05, 3.63) is 54.5 Å². The molecule has 0 fully saturated rings. The Kier molecular flexibility index (Phi) is 4.27. The van der Waals surface area contributed by atoms with Crippen LogP contribution in [-0.2, 0) is 4.79 Å². The topological polar surface area (TPSA) is 80.9 Å². The number of hydrazine groups is 1. The van der Waals surface area contributed by atoms with Gasteiger partial charge in [0.2, 0.25) is 0 Å². The number of benzene rings is 1. The molecular formula is C12H12N4OS. The molecular weight excluding hydrogens is 248 g/mol. The van der Waals surface area contributed by atoms with Crippen molar-refractivity contribution < 1.29 is 4.79 Å². The summed E-state index contributed by atoms with van der Waals surface area (Å²) in [7, 11) is 0. The first-order chi connectivity index (χ1) is 8.81. The molecule has 3 N–H and O–H groups in total. The van der Waals surface area contributed by atoms with Crippen LogP contribution in [0.25, 0.3) is 0 Å². The summed E-state index contributed by atoms with van der Waals surface area (Å²) >= 11 is 1.33. The first-order valence-electron chi connectivity index (χ1n) is 5.29. The van der Waals surface area contributed by atoms with Crippen molar-refractivity contribution in [3.8, 4) is 0 Å². The lowest BCUT2D eigenvalue weighted by atomic mass is 10.1. The highest BCUT2D eigenvalue weighted by molar-refractivity contribution is 8.00. The minimum atomic E-state index is -0.425. The smallest absolute Gasteiger partial charge is 0.251 e. The van der Waals surface area contributed by atoms with Crippen LogP contribution < -0.4 is 11.3 Å². The summed E-state index contributed by atoms with van der Waals surface area (Å²) < 4.78 is 0. The second-order valence-electron chi connectivity index (χ2n) is 3.46. The molecule has 0 radical (unpaired) electrons. The van der Waals surface area contributed by atoms with E-state index >= 15 is 0 Å². The normalized spacial score (nSPS) is 11.8. The van der Waals surface area contributed by atoms with Crippen LogP contribution >= 0.6 is 11.8 Å². The van der Waals surface area contributed by atoms with E-state index in [-0.39, 0.29) is 5.91 Å². The Morgan fingerprint density at radius 1 is 1.28 bits per heavy atom. The average molecular weight is 260 g/mol. The number of nitrogens with two attached hydrogens (primary N) is 1. The molecule has 1 aromatic heterocycles. The van der Waals surface area contributed by atoms with Crippen LogP contribution in [0.2, 0.25) is 0 Å². The van der Waals surface area contributed by atoms with Crippen molar-refractivity contribution >= 4 is 17.7 Å². The highest BCUT2D eigenvalue weighted by Crippen LogP contribution is 2.33. The highest BCUT2D eigenvalue weighted by Gasteiger charge is 2.21. The van der Waals surface area contributed by atoms with E-state index in [0.717, 1.165) is 10.6 Å². The van der Waals surface area contributed by atoms with Crippen LogP contribution in [0.15, 0.2) is 53.9 Å². The van der Waals surface area contributed by atoms with Gasteiger partial charge in [-0.3, -0.25) is 10.2 Å². The number of aromatic nitrogens is 2. The minimum Gasteiger partial charge on any atom is -0.293 e. The molecule has 2 aromatic rings. The summed E-state index contributed by atoms with van der Waals surface area (Å²) in [5.41, 5.74) is 3.06. The maximum atomic E-state index is 11.8. The zero-order chi connectivity index (χ0) is 12.8. The van der Waals surface area contributed by atoms with Crippen LogP contribution in [0.5, 0.6) is 0 Å². The van der Waals surface area contributed by atoms with Gasteiger partial charge in [0.1, 0.15) is 16.6 Å². The van der Waals surface area contributed by atoms with E-state index in [0.29, 0.717) is 0 Å². The summed E-state index contributed by atoms with van der Waals surface area (Å²) in [6.45, 7) is 0. The number of carbonyl (C=O) groups excluding carboxylic acids is 1. The molecule has 1 unspecified atom stereocenters. The van der Waals surface area contributed by atoms with Crippen LogP contribution in [0, 0.1) is 0 Å². The van der Waals surface area contributed by atoms with E-state index in [2.05, 4.69) is 15.4 Å². The summed E-state index contributed by atoms with van der Waals surface area (Å²) in [5, 5.41) is 0.300. The van der Waals surface area contributed by atoms with E-state index in [1.165, 1.54) is 18.1 Å². The first-order valence-corrected chi connectivity index (χ1v) is 6.17. The Balaban J connectivity index is 2.24. The van der Waals surface area contributed by atoms with Crippen molar-refractivity contribution in [2.75, 3.05) is 0 Å². The van der Waals surface area contributed by atoms with Gasteiger partial charge in [0.25, 0.3) is 5.91 Å². The summed E-state index contributed by atoms with van der Waals surface area (Å²) in [4.78, 5) is 19.7. The molecule has 0 spiro atoms. The molecule has 0 aliphatic rings. The minimum absolute atomic E-state index is 0.259. The van der Waals surface area contributed by atoms with Gasteiger partial charge in [-0.15, -0.1) is 0 Å². The molecule has 0 saturated heterocycles. The Labute approximate surface area is 109 Å². The lowest BCUT2D eigenvalue weighted by molar-refractivity contribution is -0.120. The van der Waals surface area contributed by atoms with Gasteiger partial charge < -0.3 is 0 Å². The number of rotatable bonds is 4. The van der Waals surface area contributed by atoms with Crippen molar-refractivity contribution in [1.29, 1.82) is 0 Å². The number of nitrogens with one attached hydrogen (secondary N) is 1. The molecule has 18 heavy (non-hydrogen) atoms. The van der Waals surface area contributed by atoms with E-state index in [4.69, 9.17) is 5.84 Å². The van der Waals surface area contributed by atoms with Gasteiger partial charge in [-0.2, -0.15) is 0 Å². The summed E-state index contributed by atoms with van der Waals surface area (Å²) in [6.07, 6.45) is 3.09. The fourth-order valence-corrected chi connectivity index (χ4v) is 2.40. The quantitative estimate of drug-likeness (QED) is 0.285. The number of hydrogen-bond acceptors (Lipinski definition) is 5. The van der Waals surface area contributed by atoms with Crippen molar-refractivity contribution in [3.63, 3.8) is 0 Å². The maximum Gasteiger partial charge on any atom is 0.251 e. The standard InChI is InChI=1S/C12H12N4OS/c13-16-12(17)11(9-4-2-1-3-5-9)18-10-6-7-14-8-15-10/h1-8,11H,13H2,(H,16,17). The fourth-order valence-electron chi connectivity index (χ4n) is 1.45. The van der Waals surface area contributed by atoms with Crippen LogP contribution in [0.1, 0.15) is 10.8 Å². The Morgan fingerprint density at radius 3 is 2.67 bits per heavy atom. The van der Waals surface area contributed by atoms with Crippen molar-refractivity contribution in [2.24, 2.45) is 5.84 Å². The monoisotopic (exact) mass is 260 g/mol. The summed E-state index contributed by atoms with van der Waals surface area (Å²) in [5.74, 6) is 4.96. The third-order valence-corrected chi connectivity index (χ3v) is 3.48. The lowest BCUT2D eigenvalue weighted by Gasteiger charge is -2.14. The van der Waals surface area contributed by atoms with Gasteiger partial charge in [0, 0.05) is 6.20 Å². The Morgan fingerprint density at radius 2 is 2.06 bits per heavy atom. The van der Waals surface area contributed by atoms with Gasteiger partial charge >= 0.3 is 0 Å². The van der Waals surface area contributed by atoms with Gasteiger partial charge in [-0.25, -0.2) is 15.8 Å². The molecule has 1 aromatic carbocycles. The predicted octanol–water partition coefficient (Wildman–Crippen LogP) is 1.30.